The summed E-state index contributed by atoms with van der Waals surface area (Å²) in [5.74, 6) is 0.923. The first-order valence-electron chi connectivity index (χ1n) is 4.73. The van der Waals surface area contributed by atoms with Crippen molar-refractivity contribution >= 4 is 0 Å². The summed E-state index contributed by atoms with van der Waals surface area (Å²) < 4.78 is 5.31. The van der Waals surface area contributed by atoms with Crippen LogP contribution in [0, 0.1) is 5.92 Å². The van der Waals surface area contributed by atoms with E-state index in [4.69, 9.17) is 4.74 Å². The van der Waals surface area contributed by atoms with Gasteiger partial charge in [-0.25, -0.2) is 0 Å². The van der Waals surface area contributed by atoms with Gasteiger partial charge in [0, 0.05) is 13.2 Å². The second-order valence-corrected chi connectivity index (χ2v) is 3.52. The van der Waals surface area contributed by atoms with Crippen LogP contribution in [-0.4, -0.2) is 38.0 Å². The standard InChI is InChI=1S/C9H19NO2/c1-10-6-9(11)7-12-5-4-8-2-3-8/h8-11H,2-7H2,1H3. The topological polar surface area (TPSA) is 41.5 Å². The molecule has 0 aromatic rings. The molecule has 0 aliphatic heterocycles. The molecule has 1 rings (SSSR count). The Bertz CT molecular complexity index is 115. The zero-order valence-electron chi connectivity index (χ0n) is 7.75. The monoisotopic (exact) mass is 173 g/mol. The molecule has 0 aromatic heterocycles. The van der Waals surface area contributed by atoms with Gasteiger partial charge in [0.25, 0.3) is 0 Å². The summed E-state index contributed by atoms with van der Waals surface area (Å²) in [6, 6.07) is 0. The average molecular weight is 173 g/mol. The van der Waals surface area contributed by atoms with Gasteiger partial charge in [-0.1, -0.05) is 12.8 Å². The van der Waals surface area contributed by atoms with Crippen LogP contribution in [0.5, 0.6) is 0 Å². The van der Waals surface area contributed by atoms with Crippen LogP contribution in [0.1, 0.15) is 19.3 Å². The van der Waals surface area contributed by atoms with Gasteiger partial charge >= 0.3 is 0 Å². The highest BCUT2D eigenvalue weighted by molar-refractivity contribution is 4.72. The summed E-state index contributed by atoms with van der Waals surface area (Å²) in [6.07, 6.45) is 3.58. The summed E-state index contributed by atoms with van der Waals surface area (Å²) >= 11 is 0. The molecule has 1 aliphatic rings. The molecule has 0 bridgehead atoms. The van der Waals surface area contributed by atoms with E-state index in [2.05, 4.69) is 5.32 Å². The molecule has 0 heterocycles. The Morgan fingerprint density at radius 3 is 2.92 bits per heavy atom. The van der Waals surface area contributed by atoms with Gasteiger partial charge in [-0.2, -0.15) is 0 Å². The molecule has 1 aliphatic carbocycles. The molecule has 1 unspecified atom stereocenters. The minimum atomic E-state index is -0.353. The molecular weight excluding hydrogens is 154 g/mol. The van der Waals surface area contributed by atoms with E-state index in [1.54, 1.807) is 0 Å². The quantitative estimate of drug-likeness (QED) is 0.547. The summed E-state index contributed by atoms with van der Waals surface area (Å²) in [6.45, 7) is 1.89. The van der Waals surface area contributed by atoms with Crippen LogP contribution in [-0.2, 0) is 4.74 Å². The van der Waals surface area contributed by atoms with Crippen LogP contribution in [0.25, 0.3) is 0 Å². The zero-order chi connectivity index (χ0) is 8.81. The summed E-state index contributed by atoms with van der Waals surface area (Å²) in [4.78, 5) is 0. The Labute approximate surface area is 74.1 Å². The van der Waals surface area contributed by atoms with Crippen molar-refractivity contribution in [3.05, 3.63) is 0 Å². The molecule has 0 aromatic carbocycles. The third kappa shape index (κ3) is 4.70. The van der Waals surface area contributed by atoms with Gasteiger partial charge in [-0.15, -0.1) is 0 Å². The lowest BCUT2D eigenvalue weighted by molar-refractivity contribution is 0.0356. The Morgan fingerprint density at radius 1 is 1.58 bits per heavy atom. The lowest BCUT2D eigenvalue weighted by atomic mass is 10.3. The molecule has 12 heavy (non-hydrogen) atoms. The predicted molar refractivity (Wildman–Crippen MR) is 48.1 cm³/mol. The highest BCUT2D eigenvalue weighted by atomic mass is 16.5. The van der Waals surface area contributed by atoms with E-state index in [1.807, 2.05) is 7.05 Å². The van der Waals surface area contributed by atoms with Crippen LogP contribution < -0.4 is 5.32 Å². The largest absolute Gasteiger partial charge is 0.389 e. The molecule has 0 spiro atoms. The first kappa shape index (κ1) is 9.96. The lowest BCUT2D eigenvalue weighted by Crippen LogP contribution is -2.28. The fraction of sp³-hybridized carbons (Fsp3) is 1.00. The van der Waals surface area contributed by atoms with Crippen molar-refractivity contribution in [2.45, 2.75) is 25.4 Å². The smallest absolute Gasteiger partial charge is 0.0897 e. The van der Waals surface area contributed by atoms with E-state index in [0.29, 0.717) is 13.2 Å². The van der Waals surface area contributed by atoms with Gasteiger partial charge in [-0.3, -0.25) is 0 Å². The molecular formula is C9H19NO2. The van der Waals surface area contributed by atoms with E-state index in [0.717, 1.165) is 12.5 Å². The Hall–Kier alpha value is -0.120. The van der Waals surface area contributed by atoms with Gasteiger partial charge in [-0.05, 0) is 19.4 Å². The molecule has 1 fully saturated rings. The average Bonchev–Trinajstić information content (AvgIpc) is 2.82. The van der Waals surface area contributed by atoms with Gasteiger partial charge in [0.05, 0.1) is 12.7 Å². The molecule has 0 amide bonds. The first-order valence-corrected chi connectivity index (χ1v) is 4.73. The van der Waals surface area contributed by atoms with Gasteiger partial charge in [0.2, 0.25) is 0 Å². The number of aliphatic hydroxyl groups is 1. The normalized spacial score (nSPS) is 19.5. The zero-order valence-corrected chi connectivity index (χ0v) is 7.75. The molecule has 1 saturated carbocycles. The maximum absolute atomic E-state index is 9.24. The van der Waals surface area contributed by atoms with Crippen molar-refractivity contribution in [1.29, 1.82) is 0 Å². The van der Waals surface area contributed by atoms with Crippen molar-refractivity contribution in [2.24, 2.45) is 5.92 Å². The van der Waals surface area contributed by atoms with E-state index in [9.17, 15) is 5.11 Å². The Kier molecular flexibility index (Phi) is 4.58. The molecule has 0 saturated heterocycles. The highest BCUT2D eigenvalue weighted by Crippen LogP contribution is 2.31. The van der Waals surface area contributed by atoms with Crippen molar-refractivity contribution < 1.29 is 9.84 Å². The van der Waals surface area contributed by atoms with E-state index in [-0.39, 0.29) is 6.10 Å². The van der Waals surface area contributed by atoms with E-state index < -0.39 is 0 Å². The molecule has 3 nitrogen and oxygen atoms in total. The van der Waals surface area contributed by atoms with Gasteiger partial charge in [0.1, 0.15) is 0 Å². The summed E-state index contributed by atoms with van der Waals surface area (Å²) in [7, 11) is 1.83. The number of likely N-dealkylation sites (N-methyl/N-ethyl adjacent to an activating group) is 1. The number of aliphatic hydroxyl groups excluding tert-OH is 1. The van der Waals surface area contributed by atoms with E-state index >= 15 is 0 Å². The van der Waals surface area contributed by atoms with Crippen LogP contribution in [0.2, 0.25) is 0 Å². The molecule has 1 atom stereocenters. The molecule has 2 N–H and O–H groups in total. The van der Waals surface area contributed by atoms with Crippen LogP contribution in [0.15, 0.2) is 0 Å². The molecule has 72 valence electrons. The van der Waals surface area contributed by atoms with Crippen molar-refractivity contribution in [2.75, 3.05) is 26.8 Å². The minimum Gasteiger partial charge on any atom is -0.389 e. The number of hydrogen-bond donors (Lipinski definition) is 2. The lowest BCUT2D eigenvalue weighted by Gasteiger charge is -2.09. The number of rotatable bonds is 7. The number of hydrogen-bond acceptors (Lipinski definition) is 3. The Balaban J connectivity index is 1.80. The second kappa shape index (κ2) is 5.51. The number of ether oxygens (including phenoxy) is 1. The van der Waals surface area contributed by atoms with Crippen molar-refractivity contribution in [1.82, 2.24) is 5.32 Å². The van der Waals surface area contributed by atoms with Crippen molar-refractivity contribution in [3.63, 3.8) is 0 Å². The molecule has 3 heteroatoms. The maximum atomic E-state index is 9.24. The predicted octanol–water partition coefficient (Wildman–Crippen LogP) is 0.383. The second-order valence-electron chi connectivity index (χ2n) is 3.52. The maximum Gasteiger partial charge on any atom is 0.0897 e. The van der Waals surface area contributed by atoms with E-state index in [1.165, 1.54) is 19.3 Å². The van der Waals surface area contributed by atoms with Crippen molar-refractivity contribution in [3.8, 4) is 0 Å². The van der Waals surface area contributed by atoms with Crippen LogP contribution in [0.3, 0.4) is 0 Å². The third-order valence-corrected chi connectivity index (χ3v) is 2.12. The fourth-order valence-electron chi connectivity index (χ4n) is 1.17. The van der Waals surface area contributed by atoms with Gasteiger partial charge < -0.3 is 15.2 Å². The highest BCUT2D eigenvalue weighted by Gasteiger charge is 2.20. The fourth-order valence-corrected chi connectivity index (χ4v) is 1.17. The summed E-state index contributed by atoms with van der Waals surface area (Å²) in [5.41, 5.74) is 0. The SMILES string of the molecule is CNCC(O)COCCC1CC1. The molecule has 0 radical (unpaired) electrons. The van der Waals surface area contributed by atoms with Crippen LogP contribution >= 0.6 is 0 Å². The number of nitrogens with one attached hydrogen (secondary N) is 1. The third-order valence-electron chi connectivity index (χ3n) is 2.12. The minimum absolute atomic E-state index is 0.353. The summed E-state index contributed by atoms with van der Waals surface area (Å²) in [5, 5.41) is 12.1. The van der Waals surface area contributed by atoms with Crippen LogP contribution in [0.4, 0.5) is 0 Å². The Morgan fingerprint density at radius 2 is 2.33 bits per heavy atom. The first-order chi connectivity index (χ1) is 5.83. The van der Waals surface area contributed by atoms with Gasteiger partial charge in [0.15, 0.2) is 0 Å².